The zero-order valence-corrected chi connectivity index (χ0v) is 43.6. The summed E-state index contributed by atoms with van der Waals surface area (Å²) >= 11 is 0. The molecule has 5 N–H and O–H groups in total. The topological polar surface area (TPSA) is 300 Å². The van der Waals surface area contributed by atoms with Crippen LogP contribution in [0.2, 0.25) is 0 Å². The number of β-amino-alcohol motifs (C(OH)–C–C–N with tert-alkyl or cyclic N) is 2. The van der Waals surface area contributed by atoms with Crippen LogP contribution >= 0.6 is 0 Å². The van der Waals surface area contributed by atoms with Gasteiger partial charge in [0.1, 0.15) is 61.1 Å². The number of nitro benzene ring substituents is 3. The van der Waals surface area contributed by atoms with Crippen molar-refractivity contribution < 1.29 is 68.0 Å². The van der Waals surface area contributed by atoms with Crippen LogP contribution in [-0.4, -0.2) is 139 Å². The number of non-ortho nitro benzene ring substituents is 3. The Kier molecular flexibility index (Phi) is 22.0. The predicted octanol–water partition coefficient (Wildman–Crippen LogP) is 7.17. The van der Waals surface area contributed by atoms with Gasteiger partial charge in [-0.25, -0.2) is 0 Å². The van der Waals surface area contributed by atoms with Crippen LogP contribution in [0, 0.1) is 30.3 Å². The summed E-state index contributed by atoms with van der Waals surface area (Å²) in [6.45, 7) is 5.86. The van der Waals surface area contributed by atoms with Crippen LogP contribution in [0.1, 0.15) is 22.3 Å². The summed E-state index contributed by atoms with van der Waals surface area (Å²) in [4.78, 5) is 34.0. The molecule has 23 nitrogen and oxygen atoms in total. The Morgan fingerprint density at radius 3 is 1.23 bits per heavy atom. The number of methoxy groups -OCH3 is 4. The van der Waals surface area contributed by atoms with Gasteiger partial charge in [0.15, 0.2) is 23.0 Å². The van der Waals surface area contributed by atoms with Crippen LogP contribution in [0.15, 0.2) is 121 Å². The minimum atomic E-state index is -0.670. The maximum absolute atomic E-state index is 10.7. The molecule has 78 heavy (non-hydrogen) atoms. The Morgan fingerprint density at radius 1 is 0.551 bits per heavy atom. The van der Waals surface area contributed by atoms with E-state index in [4.69, 9.17) is 48.7 Å². The normalized spacial score (nSPS) is 15.0. The number of nitrogens with two attached hydrogens (primary N) is 1. The number of nitro groups is 3. The average molecular weight is 1080 g/mol. The largest absolute Gasteiger partial charge is 0.508 e. The highest BCUT2D eigenvalue weighted by Gasteiger charge is 2.25. The molecular weight excluding hydrogens is 1020 g/mol. The summed E-state index contributed by atoms with van der Waals surface area (Å²) in [5.41, 5.74) is 11.3. The first-order chi connectivity index (χ1) is 37.5. The molecule has 0 aromatic heterocycles. The summed E-state index contributed by atoms with van der Waals surface area (Å²) in [5.74, 6) is 4.79. The third kappa shape index (κ3) is 18.4. The monoisotopic (exact) mass is 1080 g/mol. The quantitative estimate of drug-likeness (QED) is 0.0255. The van der Waals surface area contributed by atoms with E-state index in [1.165, 1.54) is 77.4 Å². The van der Waals surface area contributed by atoms with E-state index >= 15 is 0 Å². The molecule has 0 aliphatic carbocycles. The van der Waals surface area contributed by atoms with Crippen LogP contribution in [0.25, 0.3) is 0 Å². The highest BCUT2D eigenvalue weighted by atomic mass is 16.6. The minimum Gasteiger partial charge on any atom is -0.508 e. The zero-order chi connectivity index (χ0) is 56.1. The highest BCUT2D eigenvalue weighted by Crippen LogP contribution is 2.35. The van der Waals surface area contributed by atoms with Crippen molar-refractivity contribution in [2.45, 2.75) is 44.2 Å². The van der Waals surface area contributed by atoms with Gasteiger partial charge in [0, 0.05) is 81.4 Å². The fourth-order valence-corrected chi connectivity index (χ4v) is 8.10. The molecule has 0 radical (unpaired) electrons. The van der Waals surface area contributed by atoms with Crippen molar-refractivity contribution in [2.24, 2.45) is 0 Å². The lowest BCUT2D eigenvalue weighted by Crippen LogP contribution is -2.38. The third-order valence-corrected chi connectivity index (χ3v) is 12.3. The SMILES string of the molecule is COc1cc2c(cc1OC)CN(CC(O)COc1ccc(N)cc1)CC2.COc1cc2c(cc1OC)CN(CC(O)COc1ccc([N+](=O)[O-])cc1)CC2.O=[N+]([O-])c1ccc(O)cc1.O=[N+]([O-])c1ccc(OCC2CO2)cc1. The number of phenols is 1. The number of aromatic hydroxyl groups is 1. The molecule has 6 aromatic carbocycles. The van der Waals surface area contributed by atoms with Crippen molar-refractivity contribution in [1.29, 1.82) is 0 Å². The standard InChI is InChI=1S/C20H24N2O6.C20H26N2O4.C9H9NO4.C6H5NO3/c1-26-19-9-14-7-8-21(11-15(14)10-20(19)27-2)12-17(23)13-28-18-5-3-16(4-6-18)22(24)25;1-24-19-9-14-7-8-22(11-15(14)10-20(19)25-2)12-17(23)13-26-18-5-3-16(21)4-6-18;11-10(12)7-1-3-8(4-2-7)13-5-9-6-14-9;8-6-3-1-5(2-4-6)7(9)10/h3-6,9-10,17,23H,7-8,11-13H2,1-2H3;3-6,9-10,17,23H,7-8,11-13,21H2,1-2H3;1-4,9H,5-6H2;1-4,8H. The molecule has 3 aliphatic heterocycles. The van der Waals surface area contributed by atoms with E-state index < -0.39 is 27.0 Å². The summed E-state index contributed by atoms with van der Waals surface area (Å²) < 4.78 is 42.9. The Morgan fingerprint density at radius 2 is 0.885 bits per heavy atom. The van der Waals surface area contributed by atoms with Gasteiger partial charge in [-0.2, -0.15) is 0 Å². The molecule has 0 saturated carbocycles. The molecule has 6 aromatic rings. The summed E-state index contributed by atoms with van der Waals surface area (Å²) in [6.07, 6.45) is 0.753. The highest BCUT2D eigenvalue weighted by molar-refractivity contribution is 5.49. The van der Waals surface area contributed by atoms with Crippen molar-refractivity contribution >= 4 is 22.7 Å². The smallest absolute Gasteiger partial charge is 0.269 e. The first-order valence-corrected chi connectivity index (χ1v) is 24.6. The summed E-state index contributed by atoms with van der Waals surface area (Å²) in [7, 11) is 6.53. The van der Waals surface area contributed by atoms with Gasteiger partial charge in [0.05, 0.1) is 49.8 Å². The molecule has 0 spiro atoms. The van der Waals surface area contributed by atoms with Gasteiger partial charge in [0.25, 0.3) is 17.1 Å². The van der Waals surface area contributed by atoms with E-state index in [0.717, 1.165) is 61.9 Å². The Balaban J connectivity index is 0.000000180. The number of hydrogen-bond donors (Lipinski definition) is 4. The fourth-order valence-electron chi connectivity index (χ4n) is 8.10. The number of hydrogen-bond acceptors (Lipinski definition) is 20. The molecule has 3 aliphatic rings. The molecule has 3 heterocycles. The van der Waals surface area contributed by atoms with Gasteiger partial charge < -0.3 is 58.9 Å². The second-order valence-corrected chi connectivity index (χ2v) is 18.0. The molecule has 1 fully saturated rings. The van der Waals surface area contributed by atoms with E-state index in [2.05, 4.69) is 9.80 Å². The lowest BCUT2D eigenvalue weighted by Gasteiger charge is -2.31. The zero-order valence-electron chi connectivity index (χ0n) is 43.6. The third-order valence-electron chi connectivity index (χ3n) is 12.3. The van der Waals surface area contributed by atoms with E-state index in [-0.39, 0.29) is 42.1 Å². The second kappa shape index (κ2) is 29.1. The van der Waals surface area contributed by atoms with Gasteiger partial charge >= 0.3 is 0 Å². The molecule has 3 atom stereocenters. The lowest BCUT2D eigenvalue weighted by atomic mass is 9.98. The van der Waals surface area contributed by atoms with Crippen molar-refractivity contribution in [3.8, 4) is 46.0 Å². The van der Waals surface area contributed by atoms with E-state index in [9.17, 15) is 40.6 Å². The van der Waals surface area contributed by atoms with Crippen molar-refractivity contribution in [3.05, 3.63) is 174 Å². The maximum Gasteiger partial charge on any atom is 0.269 e. The molecule has 9 rings (SSSR count). The minimum absolute atomic E-state index is 0.00643. The van der Waals surface area contributed by atoms with Gasteiger partial charge in [-0.3, -0.25) is 40.1 Å². The maximum atomic E-state index is 10.7. The Hall–Kier alpha value is -8.48. The first kappa shape index (κ1) is 58.8. The van der Waals surface area contributed by atoms with Gasteiger partial charge in [-0.1, -0.05) is 0 Å². The Bertz CT molecular complexity index is 2870. The number of ether oxygens (including phenoxy) is 8. The molecule has 3 unspecified atom stereocenters. The number of phenolic OH excluding ortho intramolecular Hbond substituents is 1. The summed E-state index contributed by atoms with van der Waals surface area (Å²) in [5, 5.41) is 60.4. The van der Waals surface area contributed by atoms with E-state index in [1.54, 1.807) is 64.8 Å². The second-order valence-electron chi connectivity index (χ2n) is 18.0. The van der Waals surface area contributed by atoms with Crippen molar-refractivity contribution in [2.75, 3.05) is 86.8 Å². The fraction of sp³-hybridized carbons (Fsp3) is 0.345. The number of epoxide rings is 1. The molecule has 1 saturated heterocycles. The predicted molar refractivity (Wildman–Crippen MR) is 287 cm³/mol. The number of aliphatic hydroxyl groups excluding tert-OH is 2. The number of nitrogen functional groups attached to an aromatic ring is 1. The van der Waals surface area contributed by atoms with Crippen LogP contribution in [0.3, 0.4) is 0 Å². The number of nitrogens with zero attached hydrogens (tertiary/aromatic N) is 5. The van der Waals surface area contributed by atoms with Crippen molar-refractivity contribution in [3.63, 3.8) is 0 Å². The molecule has 0 amide bonds. The van der Waals surface area contributed by atoms with E-state index in [1.807, 2.05) is 24.3 Å². The first-order valence-electron chi connectivity index (χ1n) is 24.6. The molecule has 0 bridgehead atoms. The number of benzene rings is 6. The Labute approximate surface area is 450 Å². The van der Waals surface area contributed by atoms with Gasteiger partial charge in [-0.05, 0) is 120 Å². The summed E-state index contributed by atoms with van der Waals surface area (Å²) in [6, 6.07) is 32.1. The lowest BCUT2D eigenvalue weighted by molar-refractivity contribution is -0.385. The molecule has 23 heteroatoms. The number of fused-ring (bicyclic) bond motifs is 2. The van der Waals surface area contributed by atoms with Crippen molar-refractivity contribution in [1.82, 2.24) is 9.80 Å². The van der Waals surface area contributed by atoms with Gasteiger partial charge in [0.2, 0.25) is 0 Å². The molecule has 416 valence electrons. The van der Waals surface area contributed by atoms with Crippen LogP contribution < -0.4 is 38.9 Å². The average Bonchev–Trinajstić information content (AvgIpc) is 4.32. The number of aliphatic hydroxyl groups is 2. The van der Waals surface area contributed by atoms with Crippen LogP contribution in [0.5, 0.6) is 46.0 Å². The van der Waals surface area contributed by atoms with E-state index in [0.29, 0.717) is 54.9 Å². The van der Waals surface area contributed by atoms with Crippen LogP contribution in [0.4, 0.5) is 22.7 Å². The number of rotatable bonds is 20. The van der Waals surface area contributed by atoms with Gasteiger partial charge in [-0.15, -0.1) is 0 Å². The molecular formula is C55H64N6O17. The van der Waals surface area contributed by atoms with Crippen LogP contribution in [-0.2, 0) is 30.7 Å². The number of anilines is 1.